The SMILES string of the molecule is CCCCCCCCCCOC(=O)/C1=C(\C(=O)OC(CCC)CCCCCCCCC)CCCCCCCC1. The molecule has 39 heavy (non-hydrogen) atoms. The van der Waals surface area contributed by atoms with Gasteiger partial charge in [0.25, 0.3) is 0 Å². The van der Waals surface area contributed by atoms with Crippen molar-refractivity contribution in [3.8, 4) is 0 Å². The third-order valence-corrected chi connectivity index (χ3v) is 8.21. The summed E-state index contributed by atoms with van der Waals surface area (Å²) in [7, 11) is 0. The van der Waals surface area contributed by atoms with Gasteiger partial charge in [-0.15, -0.1) is 0 Å². The summed E-state index contributed by atoms with van der Waals surface area (Å²) in [6.07, 6.45) is 29.1. The van der Waals surface area contributed by atoms with Crippen LogP contribution in [0.1, 0.15) is 188 Å². The number of esters is 2. The standard InChI is InChI=1S/C35H64O4/c1-4-7-9-11-13-17-21-25-30-38-34(36)32-28-23-19-15-16-20-24-29-33(32)35(37)39-31(26-6-3)27-22-18-14-12-10-8-5-2/h31H,4-30H2,1-3H3/b33-32-. The summed E-state index contributed by atoms with van der Waals surface area (Å²) < 4.78 is 11.9. The van der Waals surface area contributed by atoms with Gasteiger partial charge >= 0.3 is 11.9 Å². The van der Waals surface area contributed by atoms with Gasteiger partial charge in [0, 0.05) is 11.1 Å². The molecule has 1 aliphatic carbocycles. The molecule has 0 amide bonds. The smallest absolute Gasteiger partial charge is 0.334 e. The summed E-state index contributed by atoms with van der Waals surface area (Å²) in [6, 6.07) is 0. The molecule has 0 fully saturated rings. The van der Waals surface area contributed by atoms with Gasteiger partial charge < -0.3 is 9.47 Å². The van der Waals surface area contributed by atoms with Crippen LogP contribution in [0.5, 0.6) is 0 Å². The van der Waals surface area contributed by atoms with Crippen LogP contribution >= 0.6 is 0 Å². The van der Waals surface area contributed by atoms with E-state index < -0.39 is 0 Å². The van der Waals surface area contributed by atoms with Crippen LogP contribution < -0.4 is 0 Å². The van der Waals surface area contributed by atoms with Gasteiger partial charge in [-0.2, -0.15) is 0 Å². The first-order chi connectivity index (χ1) is 19.1. The Labute approximate surface area is 242 Å². The van der Waals surface area contributed by atoms with Crippen molar-refractivity contribution >= 4 is 11.9 Å². The van der Waals surface area contributed by atoms with Gasteiger partial charge in [0.1, 0.15) is 6.10 Å². The Morgan fingerprint density at radius 3 is 1.54 bits per heavy atom. The average Bonchev–Trinajstić information content (AvgIpc) is 2.94. The van der Waals surface area contributed by atoms with Gasteiger partial charge in [-0.05, 0) is 51.4 Å². The minimum Gasteiger partial charge on any atom is -0.462 e. The number of ether oxygens (including phenoxy) is 2. The quantitative estimate of drug-likeness (QED) is 0.0997. The summed E-state index contributed by atoms with van der Waals surface area (Å²) in [5.74, 6) is -0.527. The number of hydrogen-bond donors (Lipinski definition) is 0. The highest BCUT2D eigenvalue weighted by Crippen LogP contribution is 2.26. The zero-order valence-electron chi connectivity index (χ0n) is 26.3. The summed E-state index contributed by atoms with van der Waals surface area (Å²) in [5, 5.41) is 0. The topological polar surface area (TPSA) is 52.6 Å². The molecule has 0 spiro atoms. The highest BCUT2D eigenvalue weighted by Gasteiger charge is 2.25. The van der Waals surface area contributed by atoms with E-state index in [2.05, 4.69) is 20.8 Å². The van der Waals surface area contributed by atoms with Crippen LogP contribution in [0, 0.1) is 0 Å². The molecule has 0 heterocycles. The van der Waals surface area contributed by atoms with E-state index >= 15 is 0 Å². The second kappa shape index (κ2) is 25.6. The van der Waals surface area contributed by atoms with Crippen LogP contribution in [0.15, 0.2) is 11.1 Å². The molecule has 0 saturated carbocycles. The molecule has 0 bridgehead atoms. The van der Waals surface area contributed by atoms with Crippen LogP contribution in [-0.4, -0.2) is 24.6 Å². The maximum absolute atomic E-state index is 13.5. The largest absolute Gasteiger partial charge is 0.462 e. The van der Waals surface area contributed by atoms with Crippen molar-refractivity contribution in [2.75, 3.05) is 6.61 Å². The molecule has 0 aliphatic heterocycles. The lowest BCUT2D eigenvalue weighted by Gasteiger charge is -2.21. The van der Waals surface area contributed by atoms with E-state index in [1.54, 1.807) is 0 Å². The molecule has 0 aromatic rings. The third kappa shape index (κ3) is 18.6. The molecular weight excluding hydrogens is 484 g/mol. The maximum Gasteiger partial charge on any atom is 0.334 e. The Kier molecular flexibility index (Phi) is 23.5. The van der Waals surface area contributed by atoms with Crippen molar-refractivity contribution in [1.29, 1.82) is 0 Å². The van der Waals surface area contributed by atoms with Crippen molar-refractivity contribution in [2.24, 2.45) is 0 Å². The number of unbranched alkanes of at least 4 members (excludes halogenated alkanes) is 13. The molecular formula is C35H64O4. The molecule has 0 aromatic carbocycles. The maximum atomic E-state index is 13.5. The fourth-order valence-corrected chi connectivity index (χ4v) is 5.69. The highest BCUT2D eigenvalue weighted by molar-refractivity contribution is 6.00. The second-order valence-electron chi connectivity index (χ2n) is 11.9. The minimum atomic E-state index is -0.274. The first kappa shape index (κ1) is 35.7. The van der Waals surface area contributed by atoms with Gasteiger partial charge in [0.15, 0.2) is 0 Å². The molecule has 0 aromatic heterocycles. The lowest BCUT2D eigenvalue weighted by Crippen LogP contribution is -2.23. The van der Waals surface area contributed by atoms with Gasteiger partial charge in [-0.25, -0.2) is 9.59 Å². The Morgan fingerprint density at radius 2 is 1.00 bits per heavy atom. The van der Waals surface area contributed by atoms with Crippen molar-refractivity contribution in [1.82, 2.24) is 0 Å². The predicted octanol–water partition coefficient (Wildman–Crippen LogP) is 11.0. The van der Waals surface area contributed by atoms with Crippen molar-refractivity contribution < 1.29 is 19.1 Å². The van der Waals surface area contributed by atoms with Crippen LogP contribution in [0.25, 0.3) is 0 Å². The van der Waals surface area contributed by atoms with Crippen molar-refractivity contribution in [3.05, 3.63) is 11.1 Å². The van der Waals surface area contributed by atoms with Gasteiger partial charge in [-0.1, -0.05) is 136 Å². The van der Waals surface area contributed by atoms with E-state index in [1.165, 1.54) is 89.9 Å². The van der Waals surface area contributed by atoms with Crippen LogP contribution in [-0.2, 0) is 19.1 Å². The van der Waals surface area contributed by atoms with E-state index in [1.807, 2.05) is 0 Å². The number of hydrogen-bond acceptors (Lipinski definition) is 4. The first-order valence-corrected chi connectivity index (χ1v) is 17.2. The van der Waals surface area contributed by atoms with Crippen molar-refractivity contribution in [3.63, 3.8) is 0 Å². The zero-order chi connectivity index (χ0) is 28.4. The zero-order valence-corrected chi connectivity index (χ0v) is 26.3. The molecule has 1 atom stereocenters. The van der Waals surface area contributed by atoms with Crippen molar-refractivity contribution in [2.45, 2.75) is 194 Å². The molecule has 1 rings (SSSR count). The summed E-state index contributed by atoms with van der Waals surface area (Å²) in [4.78, 5) is 26.7. The molecule has 1 aliphatic rings. The Morgan fingerprint density at radius 1 is 0.538 bits per heavy atom. The lowest BCUT2D eigenvalue weighted by molar-refractivity contribution is -0.146. The van der Waals surface area contributed by atoms with Crippen LogP contribution in [0.3, 0.4) is 0 Å². The Hall–Kier alpha value is -1.32. The monoisotopic (exact) mass is 548 g/mol. The molecule has 228 valence electrons. The van der Waals surface area contributed by atoms with Gasteiger partial charge in [0.05, 0.1) is 6.61 Å². The summed E-state index contributed by atoms with van der Waals surface area (Å²) in [6.45, 7) is 7.11. The van der Waals surface area contributed by atoms with Crippen LogP contribution in [0.2, 0.25) is 0 Å². The molecule has 0 saturated heterocycles. The molecule has 1 unspecified atom stereocenters. The van der Waals surface area contributed by atoms with Crippen LogP contribution in [0.4, 0.5) is 0 Å². The number of rotatable bonds is 22. The minimum absolute atomic E-state index is 0.0457. The molecule has 0 N–H and O–H groups in total. The molecule has 4 heteroatoms. The third-order valence-electron chi connectivity index (χ3n) is 8.21. The summed E-state index contributed by atoms with van der Waals surface area (Å²) in [5.41, 5.74) is 1.21. The lowest BCUT2D eigenvalue weighted by atomic mass is 9.94. The van der Waals surface area contributed by atoms with E-state index in [0.29, 0.717) is 30.6 Å². The van der Waals surface area contributed by atoms with E-state index in [-0.39, 0.29) is 18.0 Å². The molecule has 4 nitrogen and oxygen atoms in total. The fraction of sp³-hybridized carbons (Fsp3) is 0.886. The highest BCUT2D eigenvalue weighted by atomic mass is 16.5. The number of carbonyl (C=O) groups excluding carboxylic acids is 2. The first-order valence-electron chi connectivity index (χ1n) is 17.2. The van der Waals surface area contributed by atoms with E-state index in [0.717, 1.165) is 64.2 Å². The Bertz CT molecular complexity index is 639. The summed E-state index contributed by atoms with van der Waals surface area (Å²) >= 11 is 0. The second-order valence-corrected chi connectivity index (χ2v) is 11.9. The predicted molar refractivity (Wildman–Crippen MR) is 165 cm³/mol. The van der Waals surface area contributed by atoms with E-state index in [9.17, 15) is 9.59 Å². The van der Waals surface area contributed by atoms with E-state index in [4.69, 9.17) is 9.47 Å². The normalized spacial score (nSPS) is 17.5. The van der Waals surface area contributed by atoms with Gasteiger partial charge in [-0.3, -0.25) is 0 Å². The Balaban J connectivity index is 2.69. The van der Waals surface area contributed by atoms with Gasteiger partial charge in [0.2, 0.25) is 0 Å². The number of carbonyl (C=O) groups is 2. The average molecular weight is 549 g/mol. The molecule has 0 radical (unpaired) electrons. The fourth-order valence-electron chi connectivity index (χ4n) is 5.69.